The lowest BCUT2D eigenvalue weighted by atomic mass is 10.0. The minimum absolute atomic E-state index is 0.131. The number of carbonyl (C=O) groups is 1. The van der Waals surface area contributed by atoms with Gasteiger partial charge in [0.25, 0.3) is 0 Å². The van der Waals surface area contributed by atoms with Crippen molar-refractivity contribution < 1.29 is 9.53 Å². The molecule has 1 atom stereocenters. The zero-order chi connectivity index (χ0) is 13.8. The van der Waals surface area contributed by atoms with E-state index in [1.54, 1.807) is 0 Å². The highest BCUT2D eigenvalue weighted by atomic mass is 16.5. The smallest absolute Gasteiger partial charge is 0.220 e. The molecule has 2 rings (SSSR count). The van der Waals surface area contributed by atoms with Gasteiger partial charge in [0.05, 0.1) is 13.0 Å². The summed E-state index contributed by atoms with van der Waals surface area (Å²) in [6, 6.07) is 11.8. The summed E-state index contributed by atoms with van der Waals surface area (Å²) in [6.45, 7) is 2.17. The van der Waals surface area contributed by atoms with E-state index in [1.807, 2.05) is 43.3 Å². The fraction of sp³-hybridized carbons (Fsp3) is 0.267. The Hall–Kier alpha value is -2.07. The van der Waals surface area contributed by atoms with Crippen LogP contribution in [0.15, 0.2) is 36.4 Å². The molecule has 0 saturated heterocycles. The predicted molar refractivity (Wildman–Crippen MR) is 75.9 cm³/mol. The van der Waals surface area contributed by atoms with Gasteiger partial charge in [-0.25, -0.2) is 0 Å². The van der Waals surface area contributed by atoms with E-state index in [0.29, 0.717) is 0 Å². The molecule has 0 fully saturated rings. The first-order valence-corrected chi connectivity index (χ1v) is 6.28. The van der Waals surface area contributed by atoms with Gasteiger partial charge in [-0.2, -0.15) is 0 Å². The van der Waals surface area contributed by atoms with E-state index in [9.17, 15) is 4.79 Å². The molecule has 0 aliphatic carbocycles. The van der Waals surface area contributed by atoms with Gasteiger partial charge < -0.3 is 16.2 Å². The van der Waals surface area contributed by atoms with Crippen molar-refractivity contribution in [2.24, 2.45) is 11.5 Å². The number of amides is 1. The van der Waals surface area contributed by atoms with Crippen molar-refractivity contribution in [3.8, 4) is 5.75 Å². The molecule has 4 heteroatoms. The van der Waals surface area contributed by atoms with Crippen molar-refractivity contribution in [2.75, 3.05) is 6.61 Å². The standard InChI is InChI=1S/C15H18N2O2/c1-10(16)12-7-6-11-4-2-3-5-13(11)15(12)19-9-8-14(17)18/h2-7,10H,8-9,16H2,1H3,(H2,17,18)/t10-/m1/s1. The number of hydrogen-bond donors (Lipinski definition) is 2. The largest absolute Gasteiger partial charge is 0.492 e. The Balaban J connectivity index is 2.40. The maximum Gasteiger partial charge on any atom is 0.220 e. The lowest BCUT2D eigenvalue weighted by Gasteiger charge is -2.16. The fourth-order valence-electron chi connectivity index (χ4n) is 2.03. The van der Waals surface area contributed by atoms with Gasteiger partial charge in [0.2, 0.25) is 5.91 Å². The fourth-order valence-corrected chi connectivity index (χ4v) is 2.03. The van der Waals surface area contributed by atoms with E-state index in [1.165, 1.54) is 0 Å². The Kier molecular flexibility index (Phi) is 4.02. The molecule has 0 spiro atoms. The minimum atomic E-state index is -0.373. The summed E-state index contributed by atoms with van der Waals surface area (Å²) in [5.74, 6) is 0.372. The van der Waals surface area contributed by atoms with Gasteiger partial charge in [0.1, 0.15) is 5.75 Å². The van der Waals surface area contributed by atoms with E-state index in [-0.39, 0.29) is 25.0 Å². The summed E-state index contributed by atoms with van der Waals surface area (Å²) in [6.07, 6.45) is 0.196. The second kappa shape index (κ2) is 5.71. The van der Waals surface area contributed by atoms with Crippen LogP contribution >= 0.6 is 0 Å². The van der Waals surface area contributed by atoms with Crippen LogP contribution in [0, 0.1) is 0 Å². The van der Waals surface area contributed by atoms with Crippen LogP contribution < -0.4 is 16.2 Å². The quantitative estimate of drug-likeness (QED) is 0.862. The third-order valence-corrected chi connectivity index (χ3v) is 3.00. The topological polar surface area (TPSA) is 78.3 Å². The molecule has 0 aliphatic heterocycles. The lowest BCUT2D eigenvalue weighted by Crippen LogP contribution is -2.16. The molecule has 0 saturated carbocycles. The normalized spacial score (nSPS) is 12.3. The molecule has 2 aromatic carbocycles. The third kappa shape index (κ3) is 3.03. The first-order chi connectivity index (χ1) is 9.09. The Morgan fingerprint density at radius 3 is 2.68 bits per heavy atom. The molecule has 0 bridgehead atoms. The lowest BCUT2D eigenvalue weighted by molar-refractivity contribution is -0.118. The van der Waals surface area contributed by atoms with Gasteiger partial charge in [-0.15, -0.1) is 0 Å². The Morgan fingerprint density at radius 1 is 1.26 bits per heavy atom. The van der Waals surface area contributed by atoms with Crippen molar-refractivity contribution in [2.45, 2.75) is 19.4 Å². The van der Waals surface area contributed by atoms with Crippen LogP contribution in [-0.2, 0) is 4.79 Å². The number of ether oxygens (including phenoxy) is 1. The van der Waals surface area contributed by atoms with Crippen molar-refractivity contribution in [3.05, 3.63) is 42.0 Å². The highest BCUT2D eigenvalue weighted by Gasteiger charge is 2.12. The number of fused-ring (bicyclic) bond motifs is 1. The Morgan fingerprint density at radius 2 is 2.00 bits per heavy atom. The molecular weight excluding hydrogens is 240 g/mol. The summed E-state index contributed by atoms with van der Waals surface area (Å²) in [5, 5.41) is 2.09. The molecule has 0 unspecified atom stereocenters. The van der Waals surface area contributed by atoms with E-state index in [0.717, 1.165) is 22.1 Å². The van der Waals surface area contributed by atoms with E-state index < -0.39 is 0 Å². The molecule has 0 heterocycles. The van der Waals surface area contributed by atoms with Gasteiger partial charge in [0.15, 0.2) is 0 Å². The van der Waals surface area contributed by atoms with Crippen LogP contribution in [0.25, 0.3) is 10.8 Å². The Labute approximate surface area is 112 Å². The van der Waals surface area contributed by atoms with Crippen LogP contribution in [-0.4, -0.2) is 12.5 Å². The zero-order valence-corrected chi connectivity index (χ0v) is 10.9. The average molecular weight is 258 g/mol. The molecule has 19 heavy (non-hydrogen) atoms. The zero-order valence-electron chi connectivity index (χ0n) is 10.9. The van der Waals surface area contributed by atoms with Crippen LogP contribution in [0.3, 0.4) is 0 Å². The summed E-state index contributed by atoms with van der Waals surface area (Å²) < 4.78 is 5.74. The predicted octanol–water partition coefficient (Wildman–Crippen LogP) is 2.11. The highest BCUT2D eigenvalue weighted by Crippen LogP contribution is 2.32. The summed E-state index contributed by atoms with van der Waals surface area (Å²) in [5.41, 5.74) is 12.0. The number of carbonyl (C=O) groups excluding carboxylic acids is 1. The van der Waals surface area contributed by atoms with Crippen molar-refractivity contribution in [3.63, 3.8) is 0 Å². The number of benzene rings is 2. The second-order valence-corrected chi connectivity index (χ2v) is 4.56. The summed E-state index contributed by atoms with van der Waals surface area (Å²) >= 11 is 0. The van der Waals surface area contributed by atoms with Gasteiger partial charge >= 0.3 is 0 Å². The van der Waals surface area contributed by atoms with Gasteiger partial charge in [-0.1, -0.05) is 36.4 Å². The van der Waals surface area contributed by atoms with E-state index in [4.69, 9.17) is 16.2 Å². The molecule has 1 amide bonds. The average Bonchev–Trinajstić information content (AvgIpc) is 2.38. The maximum absolute atomic E-state index is 10.8. The minimum Gasteiger partial charge on any atom is -0.492 e. The monoisotopic (exact) mass is 258 g/mol. The SMILES string of the molecule is C[C@@H](N)c1ccc2ccccc2c1OCCC(N)=O. The number of nitrogens with two attached hydrogens (primary N) is 2. The molecule has 0 aromatic heterocycles. The molecular formula is C15H18N2O2. The molecule has 100 valence electrons. The maximum atomic E-state index is 10.8. The summed E-state index contributed by atoms with van der Waals surface area (Å²) in [7, 11) is 0. The van der Waals surface area contributed by atoms with Crippen LogP contribution in [0.5, 0.6) is 5.75 Å². The molecule has 2 aromatic rings. The highest BCUT2D eigenvalue weighted by molar-refractivity contribution is 5.89. The Bertz CT molecular complexity index is 594. The first-order valence-electron chi connectivity index (χ1n) is 6.28. The second-order valence-electron chi connectivity index (χ2n) is 4.56. The first kappa shape index (κ1) is 13.4. The van der Waals surface area contributed by atoms with Gasteiger partial charge in [-0.05, 0) is 12.3 Å². The van der Waals surface area contributed by atoms with Crippen LogP contribution in [0.1, 0.15) is 24.9 Å². The molecule has 0 radical (unpaired) electrons. The summed E-state index contributed by atoms with van der Waals surface area (Å²) in [4.78, 5) is 10.8. The molecule has 4 N–H and O–H groups in total. The van der Waals surface area contributed by atoms with Gasteiger partial charge in [0, 0.05) is 17.0 Å². The van der Waals surface area contributed by atoms with Gasteiger partial charge in [-0.3, -0.25) is 4.79 Å². The van der Waals surface area contributed by atoms with E-state index in [2.05, 4.69) is 0 Å². The molecule has 0 aliphatic rings. The van der Waals surface area contributed by atoms with Crippen LogP contribution in [0.4, 0.5) is 0 Å². The van der Waals surface area contributed by atoms with Crippen LogP contribution in [0.2, 0.25) is 0 Å². The number of hydrogen-bond acceptors (Lipinski definition) is 3. The number of primary amides is 1. The third-order valence-electron chi connectivity index (χ3n) is 3.00. The van der Waals surface area contributed by atoms with Crippen molar-refractivity contribution in [1.29, 1.82) is 0 Å². The van der Waals surface area contributed by atoms with Crippen molar-refractivity contribution in [1.82, 2.24) is 0 Å². The van der Waals surface area contributed by atoms with Crippen molar-refractivity contribution >= 4 is 16.7 Å². The molecule has 4 nitrogen and oxygen atoms in total. The van der Waals surface area contributed by atoms with E-state index >= 15 is 0 Å². The number of rotatable bonds is 5.